The SMILES string of the molecule is CCN(CC)C(=O)CN1CCC[C@H]1c1nc(C)c2c(n1)N(CCC(C)C)C(=O)CC2. The average molecular weight is 416 g/mol. The van der Waals surface area contributed by atoms with E-state index in [0.29, 0.717) is 31.8 Å². The van der Waals surface area contributed by atoms with Crippen LogP contribution in [0.2, 0.25) is 0 Å². The van der Waals surface area contributed by atoms with Crippen LogP contribution in [0.25, 0.3) is 0 Å². The van der Waals surface area contributed by atoms with Crippen molar-refractivity contribution in [2.75, 3.05) is 37.6 Å². The summed E-state index contributed by atoms with van der Waals surface area (Å²) in [6, 6.07) is 0.0393. The number of aromatic nitrogens is 2. The Labute approximate surface area is 180 Å². The number of likely N-dealkylation sites (tertiary alicyclic amines) is 1. The monoisotopic (exact) mass is 415 g/mol. The van der Waals surface area contributed by atoms with E-state index in [2.05, 4.69) is 18.7 Å². The van der Waals surface area contributed by atoms with Gasteiger partial charge < -0.3 is 4.90 Å². The Morgan fingerprint density at radius 2 is 1.93 bits per heavy atom. The largest absolute Gasteiger partial charge is 0.342 e. The summed E-state index contributed by atoms with van der Waals surface area (Å²) < 4.78 is 0. The van der Waals surface area contributed by atoms with Crippen LogP contribution in [0.1, 0.15) is 76.5 Å². The number of aryl methyl sites for hydroxylation is 1. The molecule has 7 nitrogen and oxygen atoms in total. The molecule has 2 aliphatic rings. The number of carbonyl (C=O) groups is 2. The number of anilines is 1. The first-order valence-corrected chi connectivity index (χ1v) is 11.5. The number of amides is 2. The highest BCUT2D eigenvalue weighted by atomic mass is 16.2. The maximum Gasteiger partial charge on any atom is 0.236 e. The molecule has 0 saturated carbocycles. The fraction of sp³-hybridized carbons (Fsp3) is 0.739. The fourth-order valence-electron chi connectivity index (χ4n) is 4.53. The molecule has 0 aliphatic carbocycles. The van der Waals surface area contributed by atoms with E-state index < -0.39 is 0 Å². The van der Waals surface area contributed by atoms with Crippen molar-refractivity contribution in [3.8, 4) is 0 Å². The molecule has 0 radical (unpaired) electrons. The van der Waals surface area contributed by atoms with Crippen LogP contribution in [0.5, 0.6) is 0 Å². The summed E-state index contributed by atoms with van der Waals surface area (Å²) in [7, 11) is 0. The van der Waals surface area contributed by atoms with Crippen molar-refractivity contribution in [1.82, 2.24) is 19.8 Å². The van der Waals surface area contributed by atoms with E-state index in [0.717, 1.165) is 61.8 Å². The highest BCUT2D eigenvalue weighted by Crippen LogP contribution is 2.34. The molecule has 166 valence electrons. The molecule has 0 N–H and O–H groups in total. The zero-order valence-electron chi connectivity index (χ0n) is 19.3. The molecule has 1 aromatic rings. The number of hydrogen-bond donors (Lipinski definition) is 0. The second-order valence-electron chi connectivity index (χ2n) is 8.89. The standard InChI is InChI=1S/C23H37N5O2/c1-6-26(7-2)21(30)15-27-13-8-9-19(27)22-24-17(5)18-10-11-20(29)28(23(18)25-22)14-12-16(3)4/h16,19H,6-15H2,1-5H3/t19-/m0/s1. The molecule has 0 bridgehead atoms. The summed E-state index contributed by atoms with van der Waals surface area (Å²) in [4.78, 5) is 41.1. The quantitative estimate of drug-likeness (QED) is 0.652. The van der Waals surface area contributed by atoms with Gasteiger partial charge in [-0.2, -0.15) is 0 Å². The Kier molecular flexibility index (Phi) is 7.45. The van der Waals surface area contributed by atoms with E-state index in [1.807, 2.05) is 30.6 Å². The first kappa shape index (κ1) is 22.7. The normalized spacial score (nSPS) is 19.5. The Hall–Kier alpha value is -2.02. The van der Waals surface area contributed by atoms with Gasteiger partial charge in [-0.1, -0.05) is 13.8 Å². The lowest BCUT2D eigenvalue weighted by Crippen LogP contribution is -2.41. The van der Waals surface area contributed by atoms with Crippen LogP contribution in [-0.4, -0.2) is 64.3 Å². The van der Waals surface area contributed by atoms with Crippen LogP contribution in [0.4, 0.5) is 5.82 Å². The third kappa shape index (κ3) is 4.82. The smallest absolute Gasteiger partial charge is 0.236 e. The van der Waals surface area contributed by atoms with Crippen molar-refractivity contribution in [3.05, 3.63) is 17.1 Å². The molecule has 2 amide bonds. The second-order valence-corrected chi connectivity index (χ2v) is 8.89. The topological polar surface area (TPSA) is 69.6 Å². The van der Waals surface area contributed by atoms with Gasteiger partial charge in [0.2, 0.25) is 11.8 Å². The molecule has 3 rings (SSSR count). The number of carbonyl (C=O) groups excluding carboxylic acids is 2. The second kappa shape index (κ2) is 9.86. The van der Waals surface area contributed by atoms with Crippen LogP contribution >= 0.6 is 0 Å². The summed E-state index contributed by atoms with van der Waals surface area (Å²) in [5.74, 6) is 2.42. The third-order valence-corrected chi connectivity index (χ3v) is 6.40. The lowest BCUT2D eigenvalue weighted by atomic mass is 10.0. The molecule has 0 aromatic carbocycles. The predicted octanol–water partition coefficient (Wildman–Crippen LogP) is 3.12. The van der Waals surface area contributed by atoms with Gasteiger partial charge in [0.15, 0.2) is 0 Å². The molecule has 7 heteroatoms. The van der Waals surface area contributed by atoms with Gasteiger partial charge in [-0.05, 0) is 58.9 Å². The minimum absolute atomic E-state index is 0.0393. The zero-order chi connectivity index (χ0) is 21.8. The van der Waals surface area contributed by atoms with Gasteiger partial charge in [0, 0.05) is 37.3 Å². The van der Waals surface area contributed by atoms with Gasteiger partial charge in [0.25, 0.3) is 0 Å². The van der Waals surface area contributed by atoms with Gasteiger partial charge in [-0.3, -0.25) is 19.4 Å². The fourth-order valence-corrected chi connectivity index (χ4v) is 4.53. The molecule has 0 unspecified atom stereocenters. The summed E-state index contributed by atoms with van der Waals surface area (Å²) >= 11 is 0. The van der Waals surface area contributed by atoms with Gasteiger partial charge in [-0.25, -0.2) is 9.97 Å². The number of hydrogen-bond acceptors (Lipinski definition) is 5. The minimum Gasteiger partial charge on any atom is -0.342 e. The van der Waals surface area contributed by atoms with Crippen LogP contribution < -0.4 is 4.90 Å². The molecular formula is C23H37N5O2. The minimum atomic E-state index is 0.0393. The Morgan fingerprint density at radius 1 is 1.20 bits per heavy atom. The van der Waals surface area contributed by atoms with E-state index in [9.17, 15) is 9.59 Å². The summed E-state index contributed by atoms with van der Waals surface area (Å²) in [6.45, 7) is 13.9. The molecule has 1 saturated heterocycles. The highest BCUT2D eigenvalue weighted by molar-refractivity contribution is 5.95. The first-order valence-electron chi connectivity index (χ1n) is 11.5. The van der Waals surface area contributed by atoms with E-state index in [-0.39, 0.29) is 17.9 Å². The summed E-state index contributed by atoms with van der Waals surface area (Å²) in [5, 5.41) is 0. The average Bonchev–Trinajstić information content (AvgIpc) is 3.15. The molecule has 1 aromatic heterocycles. The summed E-state index contributed by atoms with van der Waals surface area (Å²) in [6.07, 6.45) is 4.18. The maximum absolute atomic E-state index is 12.7. The molecule has 30 heavy (non-hydrogen) atoms. The van der Waals surface area contributed by atoms with E-state index in [4.69, 9.17) is 9.97 Å². The Balaban J connectivity index is 1.86. The Bertz CT molecular complexity index is 775. The highest BCUT2D eigenvalue weighted by Gasteiger charge is 2.34. The zero-order valence-corrected chi connectivity index (χ0v) is 19.3. The number of likely N-dealkylation sites (N-methyl/N-ethyl adjacent to an activating group) is 1. The van der Waals surface area contributed by atoms with E-state index in [1.54, 1.807) is 0 Å². The maximum atomic E-state index is 12.7. The van der Waals surface area contributed by atoms with Crippen LogP contribution in [0, 0.1) is 12.8 Å². The van der Waals surface area contributed by atoms with Gasteiger partial charge >= 0.3 is 0 Å². The van der Waals surface area contributed by atoms with Crippen molar-refractivity contribution in [3.63, 3.8) is 0 Å². The van der Waals surface area contributed by atoms with Crippen molar-refractivity contribution in [2.24, 2.45) is 5.92 Å². The Morgan fingerprint density at radius 3 is 2.60 bits per heavy atom. The van der Waals surface area contributed by atoms with Crippen LogP contribution in [0.3, 0.4) is 0 Å². The van der Waals surface area contributed by atoms with Crippen molar-refractivity contribution in [1.29, 1.82) is 0 Å². The summed E-state index contributed by atoms with van der Waals surface area (Å²) in [5.41, 5.74) is 2.07. The van der Waals surface area contributed by atoms with Crippen molar-refractivity contribution >= 4 is 17.6 Å². The lowest BCUT2D eigenvalue weighted by Gasteiger charge is -2.31. The number of fused-ring (bicyclic) bond motifs is 1. The van der Waals surface area contributed by atoms with Crippen LogP contribution in [-0.2, 0) is 16.0 Å². The van der Waals surface area contributed by atoms with Crippen LogP contribution in [0.15, 0.2) is 0 Å². The van der Waals surface area contributed by atoms with Crippen molar-refractivity contribution in [2.45, 2.75) is 72.8 Å². The lowest BCUT2D eigenvalue weighted by molar-refractivity contribution is -0.132. The first-order chi connectivity index (χ1) is 14.3. The number of rotatable bonds is 8. The van der Waals surface area contributed by atoms with Gasteiger partial charge in [-0.15, -0.1) is 0 Å². The van der Waals surface area contributed by atoms with Crippen molar-refractivity contribution < 1.29 is 9.59 Å². The molecule has 2 aliphatic heterocycles. The third-order valence-electron chi connectivity index (χ3n) is 6.40. The van der Waals surface area contributed by atoms with Gasteiger partial charge in [0.1, 0.15) is 11.6 Å². The molecule has 1 fully saturated rings. The van der Waals surface area contributed by atoms with E-state index in [1.165, 1.54) is 0 Å². The predicted molar refractivity (Wildman–Crippen MR) is 118 cm³/mol. The molecule has 0 spiro atoms. The molecule has 3 heterocycles. The molecular weight excluding hydrogens is 378 g/mol. The van der Waals surface area contributed by atoms with E-state index >= 15 is 0 Å². The molecule has 1 atom stereocenters. The number of nitrogens with zero attached hydrogens (tertiary/aromatic N) is 5. The van der Waals surface area contributed by atoms with Gasteiger partial charge in [0.05, 0.1) is 12.6 Å².